The lowest BCUT2D eigenvalue weighted by Crippen LogP contribution is -1.91. The van der Waals surface area contributed by atoms with Gasteiger partial charge in [0.1, 0.15) is 0 Å². The molecule has 3 heteroatoms. The fourth-order valence-corrected chi connectivity index (χ4v) is 5.35. The zero-order chi connectivity index (χ0) is 26.2. The molecule has 0 aliphatic rings. The molecule has 0 atom stereocenters. The molecule has 0 spiro atoms. The van der Waals surface area contributed by atoms with Crippen LogP contribution in [0.5, 0.6) is 0 Å². The van der Waals surface area contributed by atoms with Crippen LogP contribution in [0, 0.1) is 6.92 Å². The first-order valence-electron chi connectivity index (χ1n) is 13.1. The van der Waals surface area contributed by atoms with Gasteiger partial charge in [-0.2, -0.15) is 0 Å². The van der Waals surface area contributed by atoms with Crippen molar-refractivity contribution in [3.8, 4) is 44.8 Å². The summed E-state index contributed by atoms with van der Waals surface area (Å²) < 4.78 is 0. The van der Waals surface area contributed by atoms with Crippen molar-refractivity contribution >= 4 is 21.7 Å². The Morgan fingerprint density at radius 2 is 1.10 bits per heavy atom. The number of aromatic nitrogens is 3. The van der Waals surface area contributed by atoms with E-state index in [0.29, 0.717) is 0 Å². The van der Waals surface area contributed by atoms with Gasteiger partial charge in [-0.3, -0.25) is 15.0 Å². The van der Waals surface area contributed by atoms with Crippen LogP contribution in [-0.2, 0) is 0 Å². The van der Waals surface area contributed by atoms with Gasteiger partial charge in [0.05, 0.1) is 16.9 Å². The van der Waals surface area contributed by atoms with Crippen molar-refractivity contribution in [1.82, 2.24) is 15.0 Å². The molecule has 0 bridgehead atoms. The van der Waals surface area contributed by atoms with E-state index in [9.17, 15) is 0 Å². The average Bonchev–Trinajstić information content (AvgIpc) is 3.01. The van der Waals surface area contributed by atoms with Crippen LogP contribution >= 0.6 is 0 Å². The van der Waals surface area contributed by atoms with Gasteiger partial charge in [-0.05, 0) is 101 Å². The van der Waals surface area contributed by atoms with E-state index in [1.54, 1.807) is 0 Å². The molecule has 7 aromatic rings. The van der Waals surface area contributed by atoms with Gasteiger partial charge in [0.25, 0.3) is 0 Å². The minimum atomic E-state index is 0.945. The summed E-state index contributed by atoms with van der Waals surface area (Å²) in [6.45, 7) is 2.15. The lowest BCUT2D eigenvalue weighted by Gasteiger charge is -2.15. The SMILES string of the molecule is Cc1ccc2c(c1)c(-c1cc(-c3cccc(-c4ccccn4)c3)cc(-c3ccccn3)c1)cc1ncccc12. The Balaban J connectivity index is 1.49. The topological polar surface area (TPSA) is 38.7 Å². The third kappa shape index (κ3) is 4.34. The molecule has 39 heavy (non-hydrogen) atoms. The van der Waals surface area contributed by atoms with Crippen LogP contribution in [0.1, 0.15) is 5.56 Å². The third-order valence-electron chi connectivity index (χ3n) is 7.24. The Labute approximate surface area is 227 Å². The van der Waals surface area contributed by atoms with Crippen molar-refractivity contribution in [3.63, 3.8) is 0 Å². The lowest BCUT2D eigenvalue weighted by atomic mass is 9.90. The molecule has 0 saturated heterocycles. The summed E-state index contributed by atoms with van der Waals surface area (Å²) in [6.07, 6.45) is 5.55. The van der Waals surface area contributed by atoms with Gasteiger partial charge in [0.2, 0.25) is 0 Å². The average molecular weight is 500 g/mol. The number of pyridine rings is 3. The largest absolute Gasteiger partial charge is 0.256 e. The molecule has 0 radical (unpaired) electrons. The van der Waals surface area contributed by atoms with E-state index in [4.69, 9.17) is 4.98 Å². The van der Waals surface area contributed by atoms with Crippen molar-refractivity contribution in [2.45, 2.75) is 6.92 Å². The molecule has 3 aromatic heterocycles. The van der Waals surface area contributed by atoms with Crippen LogP contribution in [0.3, 0.4) is 0 Å². The highest BCUT2D eigenvalue weighted by atomic mass is 14.7. The number of fused-ring (bicyclic) bond motifs is 3. The highest BCUT2D eigenvalue weighted by Gasteiger charge is 2.14. The van der Waals surface area contributed by atoms with E-state index in [1.165, 1.54) is 27.3 Å². The number of hydrogen-bond donors (Lipinski definition) is 0. The maximum absolute atomic E-state index is 4.73. The molecule has 7 rings (SSSR count). The van der Waals surface area contributed by atoms with Crippen molar-refractivity contribution in [2.75, 3.05) is 0 Å². The van der Waals surface area contributed by atoms with Gasteiger partial charge in [-0.1, -0.05) is 60.2 Å². The highest BCUT2D eigenvalue weighted by molar-refractivity contribution is 6.13. The zero-order valence-electron chi connectivity index (χ0n) is 21.5. The van der Waals surface area contributed by atoms with Crippen molar-refractivity contribution in [3.05, 3.63) is 139 Å². The summed E-state index contributed by atoms with van der Waals surface area (Å²) in [4.78, 5) is 14.0. The van der Waals surface area contributed by atoms with Crippen LogP contribution in [0.2, 0.25) is 0 Å². The van der Waals surface area contributed by atoms with E-state index in [1.807, 2.05) is 55.0 Å². The summed E-state index contributed by atoms with van der Waals surface area (Å²) >= 11 is 0. The minimum Gasteiger partial charge on any atom is -0.256 e. The quantitative estimate of drug-likeness (QED) is 0.227. The summed E-state index contributed by atoms with van der Waals surface area (Å²) in [7, 11) is 0. The molecule has 184 valence electrons. The Kier molecular flexibility index (Phi) is 5.68. The van der Waals surface area contributed by atoms with Gasteiger partial charge < -0.3 is 0 Å². The zero-order valence-corrected chi connectivity index (χ0v) is 21.5. The van der Waals surface area contributed by atoms with Crippen molar-refractivity contribution in [2.24, 2.45) is 0 Å². The van der Waals surface area contributed by atoms with Gasteiger partial charge in [0.15, 0.2) is 0 Å². The first-order valence-corrected chi connectivity index (χ1v) is 13.1. The van der Waals surface area contributed by atoms with E-state index >= 15 is 0 Å². The Morgan fingerprint density at radius 1 is 0.410 bits per heavy atom. The molecule has 4 aromatic carbocycles. The molecule has 0 aliphatic heterocycles. The van der Waals surface area contributed by atoms with Crippen LogP contribution < -0.4 is 0 Å². The van der Waals surface area contributed by atoms with Gasteiger partial charge in [-0.15, -0.1) is 0 Å². The van der Waals surface area contributed by atoms with E-state index in [-0.39, 0.29) is 0 Å². The molecule has 0 fully saturated rings. The number of aryl methyl sites for hydroxylation is 1. The molecule has 3 heterocycles. The Bertz CT molecular complexity index is 1960. The fourth-order valence-electron chi connectivity index (χ4n) is 5.35. The van der Waals surface area contributed by atoms with Crippen molar-refractivity contribution < 1.29 is 0 Å². The molecule has 0 N–H and O–H groups in total. The van der Waals surface area contributed by atoms with Gasteiger partial charge >= 0.3 is 0 Å². The standard InChI is InChI=1S/C36H25N3/c1-24-13-14-30-31-10-7-17-39-36(31)23-32(33(30)18-24)28-20-27(21-29(22-28)35-12-3-5-16-38-35)25-8-6-9-26(19-25)34-11-2-4-15-37-34/h2-23H,1H3. The highest BCUT2D eigenvalue weighted by Crippen LogP contribution is 2.39. The van der Waals surface area contributed by atoms with E-state index < -0.39 is 0 Å². The predicted octanol–water partition coefficient (Wildman–Crippen LogP) is 9.15. The van der Waals surface area contributed by atoms with Crippen LogP contribution in [0.15, 0.2) is 134 Å². The number of rotatable bonds is 4. The van der Waals surface area contributed by atoms with Gasteiger partial charge in [-0.25, -0.2) is 0 Å². The molecular weight excluding hydrogens is 474 g/mol. The maximum atomic E-state index is 4.73. The molecule has 3 nitrogen and oxygen atoms in total. The van der Waals surface area contributed by atoms with Crippen molar-refractivity contribution in [1.29, 1.82) is 0 Å². The summed E-state index contributed by atoms with van der Waals surface area (Å²) in [5.41, 5.74) is 10.9. The van der Waals surface area contributed by atoms with Crippen LogP contribution in [0.25, 0.3) is 66.4 Å². The van der Waals surface area contributed by atoms with E-state index in [0.717, 1.165) is 44.7 Å². The molecular formula is C36H25N3. The molecule has 0 amide bonds. The molecule has 0 unspecified atom stereocenters. The van der Waals surface area contributed by atoms with Crippen LogP contribution in [0.4, 0.5) is 0 Å². The first kappa shape index (κ1) is 23.0. The summed E-state index contributed by atoms with van der Waals surface area (Å²) in [5.74, 6) is 0. The number of benzene rings is 4. The smallest absolute Gasteiger partial charge is 0.0714 e. The Hall–Kier alpha value is -5.15. The normalized spacial score (nSPS) is 11.2. The monoisotopic (exact) mass is 499 g/mol. The minimum absolute atomic E-state index is 0.945. The van der Waals surface area contributed by atoms with E-state index in [2.05, 4.69) is 95.8 Å². The first-order chi connectivity index (χ1) is 19.2. The fraction of sp³-hybridized carbons (Fsp3) is 0.0278. The number of nitrogens with zero attached hydrogens (tertiary/aromatic N) is 3. The molecule has 0 saturated carbocycles. The molecule has 0 aliphatic carbocycles. The number of hydrogen-bond acceptors (Lipinski definition) is 3. The summed E-state index contributed by atoms with van der Waals surface area (Å²) in [5, 5.41) is 3.60. The Morgan fingerprint density at radius 3 is 1.90 bits per heavy atom. The predicted molar refractivity (Wildman–Crippen MR) is 161 cm³/mol. The van der Waals surface area contributed by atoms with Crippen LogP contribution in [-0.4, -0.2) is 15.0 Å². The third-order valence-corrected chi connectivity index (χ3v) is 7.24. The second kappa shape index (κ2) is 9.62. The second-order valence-corrected chi connectivity index (χ2v) is 9.85. The second-order valence-electron chi connectivity index (χ2n) is 9.85. The van der Waals surface area contributed by atoms with Gasteiger partial charge in [0, 0.05) is 35.1 Å². The summed E-state index contributed by atoms with van der Waals surface area (Å²) in [6, 6.07) is 40.5. The maximum Gasteiger partial charge on any atom is 0.0714 e. The lowest BCUT2D eigenvalue weighted by molar-refractivity contribution is 1.32.